The highest BCUT2D eigenvalue weighted by molar-refractivity contribution is 5.72. The molecule has 0 heterocycles. The summed E-state index contributed by atoms with van der Waals surface area (Å²) in [5, 5.41) is 2.61. The molecule has 16 heavy (non-hydrogen) atoms. The van der Waals surface area contributed by atoms with Crippen molar-refractivity contribution in [2.45, 2.75) is 13.3 Å². The average Bonchev–Trinajstić information content (AvgIpc) is 2.15. The molecular formula is C12H13FN2O. The predicted molar refractivity (Wildman–Crippen MR) is 61.0 cm³/mol. The molecule has 0 aliphatic rings. The van der Waals surface area contributed by atoms with Crippen molar-refractivity contribution in [3.63, 3.8) is 0 Å². The van der Waals surface area contributed by atoms with Gasteiger partial charge in [-0.05, 0) is 18.2 Å². The van der Waals surface area contributed by atoms with Gasteiger partial charge < -0.3 is 11.1 Å². The molecule has 0 spiro atoms. The summed E-state index contributed by atoms with van der Waals surface area (Å²) in [7, 11) is 0. The first kappa shape index (κ1) is 12.1. The zero-order chi connectivity index (χ0) is 12.0. The lowest BCUT2D eigenvalue weighted by molar-refractivity contribution is -0.118. The lowest BCUT2D eigenvalue weighted by atomic mass is 10.2. The molecule has 0 aromatic heterocycles. The minimum atomic E-state index is -0.397. The molecule has 0 atom stereocenters. The van der Waals surface area contributed by atoms with Crippen molar-refractivity contribution in [3.8, 4) is 11.8 Å². The molecular weight excluding hydrogens is 207 g/mol. The number of amides is 1. The second kappa shape index (κ2) is 5.76. The van der Waals surface area contributed by atoms with Crippen molar-refractivity contribution in [2.24, 2.45) is 0 Å². The van der Waals surface area contributed by atoms with Crippen molar-refractivity contribution < 1.29 is 9.18 Å². The van der Waals surface area contributed by atoms with E-state index >= 15 is 0 Å². The Balaban J connectivity index is 2.53. The third-order valence-corrected chi connectivity index (χ3v) is 1.78. The van der Waals surface area contributed by atoms with E-state index in [0.29, 0.717) is 24.2 Å². The van der Waals surface area contributed by atoms with Gasteiger partial charge in [0.2, 0.25) is 5.91 Å². The SMILES string of the molecule is CC(=O)NCCC#Cc1cc(N)cc(F)c1. The fourth-order valence-electron chi connectivity index (χ4n) is 1.15. The van der Waals surface area contributed by atoms with E-state index in [4.69, 9.17) is 5.73 Å². The molecule has 1 aromatic carbocycles. The van der Waals surface area contributed by atoms with E-state index in [2.05, 4.69) is 17.2 Å². The summed E-state index contributed by atoms with van der Waals surface area (Å²) in [4.78, 5) is 10.5. The average molecular weight is 220 g/mol. The number of carbonyl (C=O) groups is 1. The monoisotopic (exact) mass is 220 g/mol. The van der Waals surface area contributed by atoms with Gasteiger partial charge in [-0.1, -0.05) is 11.8 Å². The predicted octanol–water partition coefficient (Wildman–Crippen LogP) is 1.29. The Morgan fingerprint density at radius 3 is 2.88 bits per heavy atom. The first-order chi connectivity index (χ1) is 7.58. The van der Waals surface area contributed by atoms with Crippen LogP contribution < -0.4 is 11.1 Å². The number of hydrogen-bond donors (Lipinski definition) is 2. The highest BCUT2D eigenvalue weighted by atomic mass is 19.1. The molecule has 1 amide bonds. The Hall–Kier alpha value is -2.02. The molecule has 0 aliphatic carbocycles. The third kappa shape index (κ3) is 4.47. The molecule has 0 saturated heterocycles. The van der Waals surface area contributed by atoms with Crippen molar-refractivity contribution >= 4 is 11.6 Å². The normalized spacial score (nSPS) is 9.12. The second-order valence-corrected chi connectivity index (χ2v) is 3.31. The molecule has 0 saturated carbocycles. The number of nitrogens with one attached hydrogen (secondary N) is 1. The molecule has 0 fully saturated rings. The molecule has 1 aromatic rings. The Morgan fingerprint density at radius 2 is 2.25 bits per heavy atom. The zero-order valence-electron chi connectivity index (χ0n) is 9.01. The van der Waals surface area contributed by atoms with Crippen LogP contribution in [0.4, 0.5) is 10.1 Å². The molecule has 0 unspecified atom stereocenters. The van der Waals surface area contributed by atoms with E-state index in [1.165, 1.54) is 19.1 Å². The number of nitrogens with two attached hydrogens (primary N) is 1. The number of hydrogen-bond acceptors (Lipinski definition) is 2. The van der Waals surface area contributed by atoms with E-state index in [-0.39, 0.29) is 5.91 Å². The molecule has 3 nitrogen and oxygen atoms in total. The molecule has 3 N–H and O–H groups in total. The molecule has 0 radical (unpaired) electrons. The molecule has 84 valence electrons. The zero-order valence-corrected chi connectivity index (χ0v) is 9.01. The van der Waals surface area contributed by atoms with Gasteiger partial charge in [0.15, 0.2) is 0 Å². The van der Waals surface area contributed by atoms with Crippen LogP contribution in [0.2, 0.25) is 0 Å². The van der Waals surface area contributed by atoms with Crippen LogP contribution in [0.15, 0.2) is 18.2 Å². The van der Waals surface area contributed by atoms with Crippen molar-refractivity contribution in [3.05, 3.63) is 29.6 Å². The largest absolute Gasteiger partial charge is 0.399 e. The number of rotatable bonds is 2. The maximum Gasteiger partial charge on any atom is 0.216 e. The molecule has 4 heteroatoms. The van der Waals surface area contributed by atoms with Gasteiger partial charge in [0.1, 0.15) is 5.82 Å². The number of anilines is 1. The Bertz CT molecular complexity index is 426. The van der Waals surface area contributed by atoms with Crippen LogP contribution >= 0.6 is 0 Å². The fourth-order valence-corrected chi connectivity index (χ4v) is 1.15. The summed E-state index contributed by atoms with van der Waals surface area (Å²) in [6, 6.07) is 4.17. The van der Waals surface area contributed by atoms with Crippen LogP contribution in [-0.4, -0.2) is 12.5 Å². The van der Waals surface area contributed by atoms with Crippen LogP contribution in [0.1, 0.15) is 18.9 Å². The van der Waals surface area contributed by atoms with Gasteiger partial charge in [-0.25, -0.2) is 4.39 Å². The number of halogens is 1. The maximum absolute atomic E-state index is 12.9. The fraction of sp³-hybridized carbons (Fsp3) is 0.250. The van der Waals surface area contributed by atoms with Crippen LogP contribution in [0.3, 0.4) is 0 Å². The first-order valence-corrected chi connectivity index (χ1v) is 4.87. The quantitative estimate of drug-likeness (QED) is 0.448. The molecule has 0 aliphatic heterocycles. The van der Waals surface area contributed by atoms with E-state index in [0.717, 1.165) is 0 Å². The van der Waals surface area contributed by atoms with Crippen LogP contribution in [-0.2, 0) is 4.79 Å². The molecule has 1 rings (SSSR count). The summed E-state index contributed by atoms with van der Waals surface area (Å²) in [6.45, 7) is 1.94. The van der Waals surface area contributed by atoms with Crippen LogP contribution in [0, 0.1) is 17.7 Å². The smallest absolute Gasteiger partial charge is 0.216 e. The lowest BCUT2D eigenvalue weighted by Crippen LogP contribution is -2.20. The molecule has 0 bridgehead atoms. The summed E-state index contributed by atoms with van der Waals surface area (Å²) in [5.41, 5.74) is 6.36. The summed E-state index contributed by atoms with van der Waals surface area (Å²) in [5.74, 6) is 5.12. The Morgan fingerprint density at radius 1 is 1.50 bits per heavy atom. The van der Waals surface area contributed by atoms with Crippen molar-refractivity contribution in [1.82, 2.24) is 5.32 Å². The highest BCUT2D eigenvalue weighted by Gasteiger charge is 1.94. The van der Waals surface area contributed by atoms with Gasteiger partial charge in [0, 0.05) is 31.1 Å². The van der Waals surface area contributed by atoms with Gasteiger partial charge >= 0.3 is 0 Å². The Kier molecular flexibility index (Phi) is 4.34. The highest BCUT2D eigenvalue weighted by Crippen LogP contribution is 2.09. The first-order valence-electron chi connectivity index (χ1n) is 4.87. The van der Waals surface area contributed by atoms with Crippen molar-refractivity contribution in [1.29, 1.82) is 0 Å². The van der Waals surface area contributed by atoms with Gasteiger partial charge in [0.05, 0.1) is 0 Å². The van der Waals surface area contributed by atoms with Gasteiger partial charge in [-0.15, -0.1) is 0 Å². The van der Waals surface area contributed by atoms with Crippen LogP contribution in [0.5, 0.6) is 0 Å². The van der Waals surface area contributed by atoms with Gasteiger partial charge in [0.25, 0.3) is 0 Å². The van der Waals surface area contributed by atoms with Crippen molar-refractivity contribution in [2.75, 3.05) is 12.3 Å². The van der Waals surface area contributed by atoms with Crippen LogP contribution in [0.25, 0.3) is 0 Å². The summed E-state index contributed by atoms with van der Waals surface area (Å²) in [6.07, 6.45) is 0.524. The lowest BCUT2D eigenvalue weighted by Gasteiger charge is -1.96. The standard InChI is InChI=1S/C12H13FN2O/c1-9(16)15-5-3-2-4-10-6-11(13)8-12(14)7-10/h6-8H,3,5,14H2,1H3,(H,15,16). The van der Waals surface area contributed by atoms with E-state index in [9.17, 15) is 9.18 Å². The van der Waals surface area contributed by atoms with Gasteiger partial charge in [-0.3, -0.25) is 4.79 Å². The number of nitrogen functional groups attached to an aromatic ring is 1. The topological polar surface area (TPSA) is 55.1 Å². The third-order valence-electron chi connectivity index (χ3n) is 1.78. The Labute approximate surface area is 93.8 Å². The summed E-state index contributed by atoms with van der Waals surface area (Å²) >= 11 is 0. The van der Waals surface area contributed by atoms with E-state index in [1.54, 1.807) is 6.07 Å². The maximum atomic E-state index is 12.9. The second-order valence-electron chi connectivity index (χ2n) is 3.31. The number of benzene rings is 1. The summed E-state index contributed by atoms with van der Waals surface area (Å²) < 4.78 is 12.9. The minimum Gasteiger partial charge on any atom is -0.399 e. The van der Waals surface area contributed by atoms with E-state index in [1.807, 2.05) is 0 Å². The van der Waals surface area contributed by atoms with E-state index < -0.39 is 5.82 Å². The number of carbonyl (C=O) groups excluding carboxylic acids is 1. The minimum absolute atomic E-state index is 0.0863. The van der Waals surface area contributed by atoms with Gasteiger partial charge in [-0.2, -0.15) is 0 Å².